The van der Waals surface area contributed by atoms with Crippen molar-refractivity contribution in [1.29, 1.82) is 0 Å². The van der Waals surface area contributed by atoms with Crippen molar-refractivity contribution in [3.8, 4) is 0 Å². The molecule has 2 nitrogen and oxygen atoms in total. The van der Waals surface area contributed by atoms with Crippen LogP contribution < -0.4 is 5.32 Å². The quantitative estimate of drug-likeness (QED) is 0.817. The van der Waals surface area contributed by atoms with Crippen molar-refractivity contribution in [3.05, 3.63) is 26.6 Å². The topological polar surface area (TPSA) is 29.1 Å². The first-order chi connectivity index (χ1) is 8.08. The van der Waals surface area contributed by atoms with Gasteiger partial charge < -0.3 is 5.32 Å². The summed E-state index contributed by atoms with van der Waals surface area (Å²) in [4.78, 5) is 12.1. The normalized spacial score (nSPS) is 16.2. The largest absolute Gasteiger partial charge is 0.324 e. The van der Waals surface area contributed by atoms with Crippen LogP contribution in [0.1, 0.15) is 31.2 Å². The Kier molecular flexibility index (Phi) is 4.26. The first-order valence-corrected chi connectivity index (χ1v) is 7.43. The SMILES string of the molecule is Cc1cc(Br)c(NC(=O)C2CCCC2)c(Br)c1. The van der Waals surface area contributed by atoms with Crippen LogP contribution in [0.4, 0.5) is 5.69 Å². The molecule has 1 amide bonds. The molecule has 2 rings (SSSR count). The third-order valence-corrected chi connectivity index (χ3v) is 4.41. The van der Waals surface area contributed by atoms with Crippen molar-refractivity contribution < 1.29 is 4.79 Å². The van der Waals surface area contributed by atoms with E-state index in [9.17, 15) is 4.79 Å². The molecule has 0 heterocycles. The van der Waals surface area contributed by atoms with E-state index in [0.717, 1.165) is 33.0 Å². The van der Waals surface area contributed by atoms with Crippen LogP contribution in [0.15, 0.2) is 21.1 Å². The molecule has 1 aliphatic rings. The fourth-order valence-corrected chi connectivity index (χ4v) is 3.85. The van der Waals surface area contributed by atoms with Crippen molar-refractivity contribution >= 4 is 43.5 Å². The average Bonchev–Trinajstić information content (AvgIpc) is 2.76. The predicted octanol–water partition coefficient (Wildman–Crippen LogP) is 4.65. The number of aryl methyl sites for hydroxylation is 1. The molecule has 1 aliphatic carbocycles. The first kappa shape index (κ1) is 13.1. The monoisotopic (exact) mass is 359 g/mol. The number of rotatable bonds is 2. The standard InChI is InChI=1S/C13H15Br2NO/c1-8-6-10(14)12(11(15)7-8)16-13(17)9-4-2-3-5-9/h6-7,9H,2-5H2,1H3,(H,16,17). The van der Waals surface area contributed by atoms with Crippen molar-refractivity contribution in [1.82, 2.24) is 0 Å². The first-order valence-electron chi connectivity index (χ1n) is 5.84. The van der Waals surface area contributed by atoms with E-state index < -0.39 is 0 Å². The van der Waals surface area contributed by atoms with Gasteiger partial charge in [0.2, 0.25) is 5.91 Å². The minimum atomic E-state index is 0.146. The molecule has 0 atom stereocenters. The molecule has 92 valence electrons. The Morgan fingerprint density at radius 3 is 2.29 bits per heavy atom. The van der Waals surface area contributed by atoms with Crippen molar-refractivity contribution in [2.75, 3.05) is 5.32 Å². The average molecular weight is 361 g/mol. The molecule has 0 aromatic heterocycles. The summed E-state index contributed by atoms with van der Waals surface area (Å²) in [5.74, 6) is 0.336. The molecule has 0 radical (unpaired) electrons. The number of carbonyl (C=O) groups is 1. The van der Waals surface area contributed by atoms with E-state index in [4.69, 9.17) is 0 Å². The molecular weight excluding hydrogens is 346 g/mol. The summed E-state index contributed by atoms with van der Waals surface area (Å²) >= 11 is 6.98. The van der Waals surface area contributed by atoms with Gasteiger partial charge in [-0.25, -0.2) is 0 Å². The van der Waals surface area contributed by atoms with Crippen LogP contribution in [0.3, 0.4) is 0 Å². The zero-order chi connectivity index (χ0) is 12.4. The van der Waals surface area contributed by atoms with Gasteiger partial charge in [-0.1, -0.05) is 12.8 Å². The Hall–Kier alpha value is -0.350. The van der Waals surface area contributed by atoms with Crippen LogP contribution in [-0.4, -0.2) is 5.91 Å². The smallest absolute Gasteiger partial charge is 0.227 e. The lowest BCUT2D eigenvalue weighted by Crippen LogP contribution is -2.20. The Bertz CT molecular complexity index is 416. The number of carbonyl (C=O) groups excluding carboxylic acids is 1. The summed E-state index contributed by atoms with van der Waals surface area (Å²) in [5, 5.41) is 3.01. The second kappa shape index (κ2) is 5.53. The van der Waals surface area contributed by atoms with E-state index in [0.29, 0.717) is 0 Å². The highest BCUT2D eigenvalue weighted by Crippen LogP contribution is 2.34. The summed E-state index contributed by atoms with van der Waals surface area (Å²) in [6.07, 6.45) is 4.39. The Labute approximate surface area is 118 Å². The van der Waals surface area contributed by atoms with Gasteiger partial charge in [-0.2, -0.15) is 0 Å². The number of anilines is 1. The van der Waals surface area contributed by atoms with Crippen molar-refractivity contribution in [2.45, 2.75) is 32.6 Å². The van der Waals surface area contributed by atoms with Crippen LogP contribution in [0.2, 0.25) is 0 Å². The maximum Gasteiger partial charge on any atom is 0.227 e. The van der Waals surface area contributed by atoms with E-state index in [1.54, 1.807) is 0 Å². The third-order valence-electron chi connectivity index (χ3n) is 3.16. The number of amides is 1. The summed E-state index contributed by atoms with van der Waals surface area (Å²) in [6.45, 7) is 2.03. The van der Waals surface area contributed by atoms with Gasteiger partial charge in [0.05, 0.1) is 5.69 Å². The minimum Gasteiger partial charge on any atom is -0.324 e. The molecule has 1 aromatic rings. The maximum absolute atomic E-state index is 12.1. The second-order valence-electron chi connectivity index (χ2n) is 4.57. The number of nitrogens with one attached hydrogen (secondary N) is 1. The molecule has 0 bridgehead atoms. The van der Waals surface area contributed by atoms with Crippen molar-refractivity contribution in [3.63, 3.8) is 0 Å². The lowest BCUT2D eigenvalue weighted by molar-refractivity contribution is -0.119. The third kappa shape index (κ3) is 3.10. The Morgan fingerprint density at radius 2 is 1.76 bits per heavy atom. The zero-order valence-corrected chi connectivity index (χ0v) is 12.9. The Balaban J connectivity index is 2.15. The van der Waals surface area contributed by atoms with E-state index in [-0.39, 0.29) is 11.8 Å². The van der Waals surface area contributed by atoms with Crippen LogP contribution in [-0.2, 0) is 4.79 Å². The molecule has 4 heteroatoms. The highest BCUT2D eigenvalue weighted by atomic mass is 79.9. The number of hydrogen-bond donors (Lipinski definition) is 1. The fourth-order valence-electron chi connectivity index (χ4n) is 2.23. The van der Waals surface area contributed by atoms with E-state index in [1.165, 1.54) is 12.8 Å². The van der Waals surface area contributed by atoms with Gasteiger partial charge in [0.15, 0.2) is 0 Å². The maximum atomic E-state index is 12.1. The minimum absolute atomic E-state index is 0.146. The van der Waals surface area contributed by atoms with Gasteiger partial charge in [-0.15, -0.1) is 0 Å². The molecule has 1 N–H and O–H groups in total. The van der Waals surface area contributed by atoms with Crippen molar-refractivity contribution in [2.24, 2.45) is 5.92 Å². The summed E-state index contributed by atoms with van der Waals surface area (Å²) in [7, 11) is 0. The van der Waals surface area contributed by atoms with Crippen LogP contribution in [0.25, 0.3) is 0 Å². The van der Waals surface area contributed by atoms with Gasteiger partial charge in [-0.3, -0.25) is 4.79 Å². The highest BCUT2D eigenvalue weighted by Gasteiger charge is 2.23. The zero-order valence-electron chi connectivity index (χ0n) is 9.72. The lowest BCUT2D eigenvalue weighted by Gasteiger charge is -2.14. The van der Waals surface area contributed by atoms with Crippen LogP contribution >= 0.6 is 31.9 Å². The molecule has 1 aromatic carbocycles. The molecule has 1 fully saturated rings. The van der Waals surface area contributed by atoms with Gasteiger partial charge in [0.1, 0.15) is 0 Å². The van der Waals surface area contributed by atoms with Gasteiger partial charge in [-0.05, 0) is 69.3 Å². The molecule has 0 saturated heterocycles. The fraction of sp³-hybridized carbons (Fsp3) is 0.462. The van der Waals surface area contributed by atoms with Gasteiger partial charge >= 0.3 is 0 Å². The summed E-state index contributed by atoms with van der Waals surface area (Å²) in [6, 6.07) is 4.02. The predicted molar refractivity (Wildman–Crippen MR) is 77.2 cm³/mol. The molecule has 0 spiro atoms. The lowest BCUT2D eigenvalue weighted by atomic mass is 10.1. The van der Waals surface area contributed by atoms with Gasteiger partial charge in [0.25, 0.3) is 0 Å². The van der Waals surface area contributed by atoms with E-state index in [2.05, 4.69) is 37.2 Å². The molecule has 0 unspecified atom stereocenters. The number of halogens is 2. The molecule has 0 aliphatic heterocycles. The molecule has 1 saturated carbocycles. The summed E-state index contributed by atoms with van der Waals surface area (Å²) in [5.41, 5.74) is 2.00. The number of benzene rings is 1. The number of hydrogen-bond acceptors (Lipinski definition) is 1. The van der Waals surface area contributed by atoms with Gasteiger partial charge in [0, 0.05) is 14.9 Å². The van der Waals surface area contributed by atoms with Crippen LogP contribution in [0, 0.1) is 12.8 Å². The van der Waals surface area contributed by atoms with E-state index >= 15 is 0 Å². The summed E-state index contributed by atoms with van der Waals surface area (Å²) < 4.78 is 1.85. The highest BCUT2D eigenvalue weighted by molar-refractivity contribution is 9.11. The van der Waals surface area contributed by atoms with Crippen LogP contribution in [0.5, 0.6) is 0 Å². The molecule has 17 heavy (non-hydrogen) atoms. The molecular formula is C13H15Br2NO. The second-order valence-corrected chi connectivity index (χ2v) is 6.28. The van der Waals surface area contributed by atoms with E-state index in [1.807, 2.05) is 19.1 Å². The Morgan fingerprint density at radius 1 is 1.24 bits per heavy atom.